The molecule has 9 heteroatoms. The molecule has 1 N–H and O–H groups in total. The molecule has 198 valence electrons. The number of hydrogen-bond acceptors (Lipinski definition) is 7. The lowest BCUT2D eigenvalue weighted by Crippen LogP contribution is -2.24. The molecule has 8 nitrogen and oxygen atoms in total. The van der Waals surface area contributed by atoms with Gasteiger partial charge in [0.2, 0.25) is 0 Å². The van der Waals surface area contributed by atoms with Crippen molar-refractivity contribution in [2.24, 2.45) is 5.10 Å². The topological polar surface area (TPSA) is 95.5 Å². The lowest BCUT2D eigenvalue weighted by molar-refractivity contribution is -0.123. The van der Waals surface area contributed by atoms with Gasteiger partial charge in [-0.3, -0.25) is 4.79 Å². The predicted molar refractivity (Wildman–Crippen MR) is 151 cm³/mol. The summed E-state index contributed by atoms with van der Waals surface area (Å²) in [5.74, 6) is 0.880. The second kappa shape index (κ2) is 13.8. The Balaban J connectivity index is 1.24. The Morgan fingerprint density at radius 1 is 0.846 bits per heavy atom. The summed E-state index contributed by atoms with van der Waals surface area (Å²) in [6, 6.07) is 28.7. The number of ether oxygens (including phenoxy) is 4. The van der Waals surface area contributed by atoms with Crippen molar-refractivity contribution in [2.45, 2.75) is 6.61 Å². The summed E-state index contributed by atoms with van der Waals surface area (Å²) >= 11 is 3.33. The Morgan fingerprint density at radius 3 is 2.31 bits per heavy atom. The number of esters is 1. The van der Waals surface area contributed by atoms with Crippen LogP contribution in [0, 0.1) is 0 Å². The van der Waals surface area contributed by atoms with Gasteiger partial charge in [0.25, 0.3) is 5.91 Å². The molecule has 0 bridgehead atoms. The highest BCUT2D eigenvalue weighted by Crippen LogP contribution is 2.28. The van der Waals surface area contributed by atoms with Crippen LogP contribution in [-0.4, -0.2) is 31.8 Å². The van der Waals surface area contributed by atoms with Crippen molar-refractivity contribution in [3.05, 3.63) is 118 Å². The van der Waals surface area contributed by atoms with Gasteiger partial charge in [-0.2, -0.15) is 5.10 Å². The van der Waals surface area contributed by atoms with Crippen molar-refractivity contribution in [1.29, 1.82) is 0 Å². The van der Waals surface area contributed by atoms with Gasteiger partial charge in [0.1, 0.15) is 18.1 Å². The smallest absolute Gasteiger partial charge is 0.343 e. The minimum absolute atomic E-state index is 0.213. The molecule has 4 aromatic rings. The Labute approximate surface area is 234 Å². The van der Waals surface area contributed by atoms with Gasteiger partial charge in [0, 0.05) is 4.47 Å². The first-order chi connectivity index (χ1) is 19.0. The van der Waals surface area contributed by atoms with E-state index in [4.69, 9.17) is 18.9 Å². The van der Waals surface area contributed by atoms with Crippen LogP contribution < -0.4 is 24.4 Å². The van der Waals surface area contributed by atoms with E-state index in [0.717, 1.165) is 10.0 Å². The standard InChI is InChI=1S/C30H25BrN2O6/c1-36-28-16-22(10-15-27(28)39-30(35)23-8-5-9-24(31)17-23)18-32-33-29(34)20-38-26-13-11-25(12-14-26)37-19-21-6-3-2-4-7-21/h2-18H,19-20H2,1H3,(H,33,34)/b32-18+. The zero-order chi connectivity index (χ0) is 27.5. The van der Waals surface area contributed by atoms with Crippen molar-refractivity contribution in [3.63, 3.8) is 0 Å². The van der Waals surface area contributed by atoms with E-state index in [9.17, 15) is 9.59 Å². The minimum Gasteiger partial charge on any atom is -0.493 e. The maximum absolute atomic E-state index is 12.4. The highest BCUT2D eigenvalue weighted by Gasteiger charge is 2.13. The van der Waals surface area contributed by atoms with Crippen LogP contribution in [0.1, 0.15) is 21.5 Å². The van der Waals surface area contributed by atoms with Gasteiger partial charge in [-0.05, 0) is 71.8 Å². The van der Waals surface area contributed by atoms with Crippen LogP contribution in [0.2, 0.25) is 0 Å². The summed E-state index contributed by atoms with van der Waals surface area (Å²) in [5.41, 5.74) is 4.51. The lowest BCUT2D eigenvalue weighted by atomic mass is 10.2. The number of benzene rings is 4. The van der Waals surface area contributed by atoms with E-state index in [1.165, 1.54) is 13.3 Å². The number of hydrazone groups is 1. The van der Waals surface area contributed by atoms with Crippen molar-refractivity contribution < 1.29 is 28.5 Å². The van der Waals surface area contributed by atoms with Gasteiger partial charge >= 0.3 is 5.97 Å². The number of nitrogens with one attached hydrogen (secondary N) is 1. The van der Waals surface area contributed by atoms with Gasteiger partial charge in [-0.1, -0.05) is 52.3 Å². The van der Waals surface area contributed by atoms with E-state index in [1.54, 1.807) is 60.7 Å². The SMILES string of the molecule is COc1cc(/C=N/NC(=O)COc2ccc(OCc3ccccc3)cc2)ccc1OC(=O)c1cccc(Br)c1. The van der Waals surface area contributed by atoms with Crippen LogP contribution in [0.4, 0.5) is 0 Å². The number of carbonyl (C=O) groups is 2. The van der Waals surface area contributed by atoms with Crippen LogP contribution in [0.3, 0.4) is 0 Å². The molecule has 0 heterocycles. The van der Waals surface area contributed by atoms with Crippen molar-refractivity contribution in [1.82, 2.24) is 5.43 Å². The first-order valence-corrected chi connectivity index (χ1v) is 12.7. The average molecular weight is 589 g/mol. The number of carbonyl (C=O) groups excluding carboxylic acids is 2. The lowest BCUT2D eigenvalue weighted by Gasteiger charge is -2.10. The number of amides is 1. The van der Waals surface area contributed by atoms with Gasteiger partial charge in [0.05, 0.1) is 18.9 Å². The molecule has 0 saturated heterocycles. The predicted octanol–water partition coefficient (Wildman–Crippen LogP) is 5.79. The van der Waals surface area contributed by atoms with Crippen LogP contribution in [-0.2, 0) is 11.4 Å². The van der Waals surface area contributed by atoms with Gasteiger partial charge in [0.15, 0.2) is 18.1 Å². The summed E-state index contributed by atoms with van der Waals surface area (Å²) < 4.78 is 22.8. The van der Waals surface area contributed by atoms with Crippen molar-refractivity contribution >= 4 is 34.0 Å². The largest absolute Gasteiger partial charge is 0.493 e. The van der Waals surface area contributed by atoms with E-state index < -0.39 is 11.9 Å². The monoisotopic (exact) mass is 588 g/mol. The molecule has 0 aromatic heterocycles. The average Bonchev–Trinajstić information content (AvgIpc) is 2.96. The van der Waals surface area contributed by atoms with E-state index >= 15 is 0 Å². The van der Waals surface area contributed by atoms with E-state index in [0.29, 0.717) is 35.0 Å². The third-order valence-corrected chi connectivity index (χ3v) is 5.79. The van der Waals surface area contributed by atoms with Gasteiger partial charge in [-0.25, -0.2) is 10.2 Å². The Bertz CT molecular complexity index is 1440. The normalized spacial score (nSPS) is 10.6. The number of rotatable bonds is 11. The Kier molecular flexibility index (Phi) is 9.68. The molecule has 0 aliphatic rings. The molecule has 0 atom stereocenters. The molecule has 0 aliphatic carbocycles. The van der Waals surface area contributed by atoms with Crippen LogP contribution >= 0.6 is 15.9 Å². The Morgan fingerprint density at radius 2 is 1.59 bits per heavy atom. The Hall–Kier alpha value is -4.63. The summed E-state index contributed by atoms with van der Waals surface area (Å²) in [6.45, 7) is 0.252. The summed E-state index contributed by atoms with van der Waals surface area (Å²) in [7, 11) is 1.47. The summed E-state index contributed by atoms with van der Waals surface area (Å²) in [6.07, 6.45) is 1.44. The molecular formula is C30H25BrN2O6. The quantitative estimate of drug-likeness (QED) is 0.103. The highest BCUT2D eigenvalue weighted by atomic mass is 79.9. The van der Waals surface area contributed by atoms with E-state index in [2.05, 4.69) is 26.5 Å². The van der Waals surface area contributed by atoms with Crippen molar-refractivity contribution in [3.8, 4) is 23.0 Å². The maximum Gasteiger partial charge on any atom is 0.343 e. The third-order valence-electron chi connectivity index (χ3n) is 5.30. The second-order valence-electron chi connectivity index (χ2n) is 8.14. The molecule has 4 rings (SSSR count). The zero-order valence-corrected chi connectivity index (χ0v) is 22.6. The fourth-order valence-electron chi connectivity index (χ4n) is 3.36. The van der Waals surface area contributed by atoms with E-state index in [1.807, 2.05) is 36.4 Å². The zero-order valence-electron chi connectivity index (χ0n) is 21.0. The van der Waals surface area contributed by atoms with Crippen LogP contribution in [0.25, 0.3) is 0 Å². The van der Waals surface area contributed by atoms with Gasteiger partial charge in [-0.15, -0.1) is 0 Å². The molecule has 0 fully saturated rings. The molecule has 0 spiro atoms. The summed E-state index contributed by atoms with van der Waals surface area (Å²) in [4.78, 5) is 24.6. The molecule has 39 heavy (non-hydrogen) atoms. The molecular weight excluding hydrogens is 564 g/mol. The number of hydrogen-bond donors (Lipinski definition) is 1. The molecule has 4 aromatic carbocycles. The molecule has 0 radical (unpaired) electrons. The van der Waals surface area contributed by atoms with Gasteiger partial charge < -0.3 is 18.9 Å². The maximum atomic E-state index is 12.4. The minimum atomic E-state index is -0.516. The summed E-state index contributed by atoms with van der Waals surface area (Å²) in [5, 5.41) is 3.95. The molecule has 1 amide bonds. The van der Waals surface area contributed by atoms with E-state index in [-0.39, 0.29) is 12.4 Å². The third kappa shape index (κ3) is 8.44. The van der Waals surface area contributed by atoms with Crippen LogP contribution in [0.5, 0.6) is 23.0 Å². The fourth-order valence-corrected chi connectivity index (χ4v) is 3.76. The first-order valence-electron chi connectivity index (χ1n) is 11.9. The number of methoxy groups -OCH3 is 1. The first kappa shape index (κ1) is 27.4. The fraction of sp³-hybridized carbons (Fsp3) is 0.100. The highest BCUT2D eigenvalue weighted by molar-refractivity contribution is 9.10. The second-order valence-corrected chi connectivity index (χ2v) is 9.05. The molecule has 0 aliphatic heterocycles. The molecule has 0 unspecified atom stereocenters. The molecule has 0 saturated carbocycles. The van der Waals surface area contributed by atoms with Crippen molar-refractivity contribution in [2.75, 3.05) is 13.7 Å². The number of halogens is 1. The van der Waals surface area contributed by atoms with Crippen LogP contribution in [0.15, 0.2) is 107 Å². The number of nitrogens with zero attached hydrogens (tertiary/aromatic N) is 1.